The molecule has 2 aromatic rings. The second kappa shape index (κ2) is 15.6. The third kappa shape index (κ3) is 11.0. The number of hydrogen-bond donors (Lipinski definition) is 3. The molecular formula is C32H47N3O8S. The number of amides is 2. The quantitative estimate of drug-likeness (QED) is 0.242. The number of nitrogens with one attached hydrogen (secondary N) is 2. The maximum atomic E-state index is 13.8. The highest BCUT2D eigenvalue weighted by molar-refractivity contribution is 7.89. The van der Waals surface area contributed by atoms with Gasteiger partial charge in [0.2, 0.25) is 22.7 Å². The van der Waals surface area contributed by atoms with E-state index in [0.29, 0.717) is 30.8 Å². The van der Waals surface area contributed by atoms with Crippen LogP contribution in [0, 0.1) is 5.92 Å². The number of fused-ring (bicyclic) bond motifs is 1. The second-order valence-electron chi connectivity index (χ2n) is 12.6. The summed E-state index contributed by atoms with van der Waals surface area (Å²) in [6, 6.07) is 13.2. The Hall–Kier alpha value is -3.35. The van der Waals surface area contributed by atoms with Crippen LogP contribution in [-0.4, -0.2) is 67.1 Å². The highest BCUT2D eigenvalue weighted by Crippen LogP contribution is 2.35. The van der Waals surface area contributed by atoms with Gasteiger partial charge in [-0.15, -0.1) is 0 Å². The number of alkyl carbamates (subject to hydrolysis) is 1. The standard InChI is InChI=1S/C32H47N3O8S/c1-22(2)20-35(44(39,40)26-15-16-27-28(19-26)42-21-41-27)30(37)18-25(17-24-12-8-7-9-13-24)34-29(36)14-10-11-23(3)33-31(38)43-32(4,5)6/h7-9,12-13,15-16,19,22-23,25,30,37H,10-11,14,17-18,20-21H2,1-6H3,(H,33,38)(H,34,36). The molecule has 0 spiro atoms. The van der Waals surface area contributed by atoms with Crippen LogP contribution < -0.4 is 20.1 Å². The molecule has 0 aromatic heterocycles. The van der Waals surface area contributed by atoms with Crippen LogP contribution >= 0.6 is 0 Å². The first-order valence-corrected chi connectivity index (χ1v) is 16.5. The van der Waals surface area contributed by atoms with Crippen molar-refractivity contribution >= 4 is 22.0 Å². The van der Waals surface area contributed by atoms with Crippen molar-refractivity contribution in [3.05, 3.63) is 54.1 Å². The molecule has 0 fully saturated rings. The minimum absolute atomic E-state index is 0.0111. The first-order chi connectivity index (χ1) is 20.6. The predicted octanol–water partition coefficient (Wildman–Crippen LogP) is 4.58. The number of carbonyl (C=O) groups is 2. The van der Waals surface area contributed by atoms with E-state index in [1.165, 1.54) is 18.2 Å². The van der Waals surface area contributed by atoms with Crippen molar-refractivity contribution in [3.8, 4) is 11.5 Å². The molecule has 244 valence electrons. The Bertz CT molecular complexity index is 1350. The molecule has 11 nitrogen and oxygen atoms in total. The van der Waals surface area contributed by atoms with Crippen molar-refractivity contribution in [3.63, 3.8) is 0 Å². The zero-order valence-corrected chi connectivity index (χ0v) is 27.4. The highest BCUT2D eigenvalue weighted by Gasteiger charge is 2.34. The van der Waals surface area contributed by atoms with E-state index >= 15 is 0 Å². The van der Waals surface area contributed by atoms with E-state index in [1.807, 2.05) is 51.1 Å². The molecule has 3 unspecified atom stereocenters. The lowest BCUT2D eigenvalue weighted by atomic mass is 10.0. The Balaban J connectivity index is 1.69. The van der Waals surface area contributed by atoms with Gasteiger partial charge in [-0.3, -0.25) is 4.79 Å². The van der Waals surface area contributed by atoms with E-state index in [4.69, 9.17) is 14.2 Å². The van der Waals surface area contributed by atoms with Crippen molar-refractivity contribution in [2.24, 2.45) is 5.92 Å². The molecule has 0 radical (unpaired) electrons. The molecular weight excluding hydrogens is 586 g/mol. The van der Waals surface area contributed by atoms with Crippen LogP contribution in [0.4, 0.5) is 4.79 Å². The minimum Gasteiger partial charge on any atom is -0.454 e. The number of aliphatic hydroxyl groups excluding tert-OH is 1. The molecule has 12 heteroatoms. The van der Waals surface area contributed by atoms with E-state index in [-0.39, 0.29) is 48.9 Å². The molecule has 1 aliphatic rings. The number of rotatable bonds is 15. The van der Waals surface area contributed by atoms with Crippen LogP contribution in [0.3, 0.4) is 0 Å². The Morgan fingerprint density at radius 1 is 1.02 bits per heavy atom. The summed E-state index contributed by atoms with van der Waals surface area (Å²) in [7, 11) is -4.12. The SMILES string of the molecule is CC(C)CN(C(O)CC(Cc1ccccc1)NC(=O)CCCC(C)NC(=O)OC(C)(C)C)S(=O)(=O)c1ccc2c(c1)OCO2. The summed E-state index contributed by atoms with van der Waals surface area (Å²) < 4.78 is 44.6. The van der Waals surface area contributed by atoms with Crippen LogP contribution in [0.2, 0.25) is 0 Å². The molecule has 0 bridgehead atoms. The van der Waals surface area contributed by atoms with Crippen molar-refractivity contribution in [2.45, 2.75) is 102 Å². The molecule has 0 saturated heterocycles. The van der Waals surface area contributed by atoms with Crippen LogP contribution in [0.15, 0.2) is 53.4 Å². The lowest BCUT2D eigenvalue weighted by molar-refractivity contribution is -0.122. The number of sulfonamides is 1. The Morgan fingerprint density at radius 2 is 1.70 bits per heavy atom. The Morgan fingerprint density at radius 3 is 2.36 bits per heavy atom. The number of aliphatic hydroxyl groups is 1. The van der Waals surface area contributed by atoms with E-state index in [9.17, 15) is 23.1 Å². The maximum Gasteiger partial charge on any atom is 0.407 e. The zero-order chi connectivity index (χ0) is 32.5. The Labute approximate surface area is 261 Å². The van der Waals surface area contributed by atoms with E-state index in [2.05, 4.69) is 10.6 Å². The molecule has 0 saturated carbocycles. The number of benzene rings is 2. The molecule has 1 heterocycles. The minimum atomic E-state index is -4.12. The van der Waals surface area contributed by atoms with Crippen LogP contribution in [0.5, 0.6) is 11.5 Å². The van der Waals surface area contributed by atoms with E-state index in [0.717, 1.165) is 9.87 Å². The first kappa shape index (κ1) is 35.1. The number of hydrogen-bond acceptors (Lipinski definition) is 8. The smallest absolute Gasteiger partial charge is 0.407 e. The molecule has 3 N–H and O–H groups in total. The van der Waals surface area contributed by atoms with Gasteiger partial charge >= 0.3 is 6.09 Å². The average Bonchev–Trinajstić information content (AvgIpc) is 3.39. The third-order valence-electron chi connectivity index (χ3n) is 6.82. The molecule has 2 aromatic carbocycles. The largest absolute Gasteiger partial charge is 0.454 e. The third-order valence-corrected chi connectivity index (χ3v) is 8.68. The monoisotopic (exact) mass is 633 g/mol. The molecule has 1 aliphatic heterocycles. The van der Waals surface area contributed by atoms with Gasteiger partial charge in [0.1, 0.15) is 11.8 Å². The average molecular weight is 634 g/mol. The highest BCUT2D eigenvalue weighted by atomic mass is 32.2. The lowest BCUT2D eigenvalue weighted by Crippen LogP contribution is -2.47. The predicted molar refractivity (Wildman–Crippen MR) is 167 cm³/mol. The molecule has 2 amide bonds. The summed E-state index contributed by atoms with van der Waals surface area (Å²) in [5.41, 5.74) is 0.338. The fourth-order valence-corrected chi connectivity index (χ4v) is 6.49. The van der Waals surface area contributed by atoms with Gasteiger partial charge in [-0.05, 0) is 70.6 Å². The summed E-state index contributed by atoms with van der Waals surface area (Å²) in [6.45, 7) is 11.1. The van der Waals surface area contributed by atoms with E-state index < -0.39 is 34.0 Å². The topological polar surface area (TPSA) is 143 Å². The van der Waals surface area contributed by atoms with Gasteiger partial charge in [-0.1, -0.05) is 44.2 Å². The van der Waals surface area contributed by atoms with Gasteiger partial charge in [-0.2, -0.15) is 4.31 Å². The first-order valence-electron chi connectivity index (χ1n) is 15.1. The van der Waals surface area contributed by atoms with Gasteiger partial charge in [0.15, 0.2) is 11.5 Å². The van der Waals surface area contributed by atoms with E-state index in [1.54, 1.807) is 20.8 Å². The normalized spacial score (nSPS) is 15.1. The van der Waals surface area contributed by atoms with Gasteiger partial charge < -0.3 is 30.0 Å². The van der Waals surface area contributed by atoms with Gasteiger partial charge in [0.25, 0.3) is 0 Å². The molecule has 3 rings (SSSR count). The van der Waals surface area contributed by atoms with Crippen molar-refractivity contribution in [1.29, 1.82) is 0 Å². The van der Waals surface area contributed by atoms with Crippen LogP contribution in [0.1, 0.15) is 72.8 Å². The van der Waals surface area contributed by atoms with Crippen molar-refractivity contribution in [1.82, 2.24) is 14.9 Å². The van der Waals surface area contributed by atoms with Gasteiger partial charge in [-0.25, -0.2) is 13.2 Å². The molecule has 44 heavy (non-hydrogen) atoms. The summed E-state index contributed by atoms with van der Waals surface area (Å²) in [5.74, 6) is 0.485. The molecule has 3 atom stereocenters. The maximum absolute atomic E-state index is 13.8. The molecule has 0 aliphatic carbocycles. The number of carbonyl (C=O) groups excluding carboxylic acids is 2. The zero-order valence-electron chi connectivity index (χ0n) is 26.5. The Kier molecular flexibility index (Phi) is 12.4. The summed E-state index contributed by atoms with van der Waals surface area (Å²) >= 11 is 0. The van der Waals surface area contributed by atoms with Gasteiger partial charge in [0, 0.05) is 37.5 Å². The summed E-state index contributed by atoms with van der Waals surface area (Å²) in [4.78, 5) is 25.0. The fourth-order valence-electron chi connectivity index (χ4n) is 4.83. The lowest BCUT2D eigenvalue weighted by Gasteiger charge is -2.31. The summed E-state index contributed by atoms with van der Waals surface area (Å²) in [6.07, 6.45) is -0.246. The van der Waals surface area contributed by atoms with Crippen LogP contribution in [0.25, 0.3) is 0 Å². The summed E-state index contributed by atoms with van der Waals surface area (Å²) in [5, 5.41) is 17.2. The number of nitrogens with zero attached hydrogens (tertiary/aromatic N) is 1. The van der Waals surface area contributed by atoms with Crippen molar-refractivity contribution < 1.29 is 37.3 Å². The van der Waals surface area contributed by atoms with Gasteiger partial charge in [0.05, 0.1) is 4.90 Å². The number of ether oxygens (including phenoxy) is 3. The second-order valence-corrected chi connectivity index (χ2v) is 14.5. The van der Waals surface area contributed by atoms with Crippen LogP contribution in [-0.2, 0) is 26.0 Å². The van der Waals surface area contributed by atoms with Crippen molar-refractivity contribution in [2.75, 3.05) is 13.3 Å². The fraction of sp³-hybridized carbons (Fsp3) is 0.562.